The highest BCUT2D eigenvalue weighted by atomic mass is 16.6. The molecule has 3 aromatic rings. The zero-order valence-electron chi connectivity index (χ0n) is 27.8. The third-order valence-electron chi connectivity index (χ3n) is 9.73. The summed E-state index contributed by atoms with van der Waals surface area (Å²) in [5.41, 5.74) is 6.75. The lowest BCUT2D eigenvalue weighted by Gasteiger charge is -2.34. The SMILES string of the molecule is COC(=O)C1=C(C)NC(C)=C(C(=O)OC2CCN(CCCNc3c4c(nc5ccccc35)CCCC4)CC2)C1c1cccc([N+](=O)[O-])c1. The van der Waals surface area contributed by atoms with E-state index in [1.54, 1.807) is 26.0 Å². The van der Waals surface area contributed by atoms with Crippen LogP contribution in [0.3, 0.4) is 0 Å². The number of carbonyl (C=O) groups excluding carboxylic acids is 2. The molecular weight excluding hydrogens is 610 g/mol. The molecule has 252 valence electrons. The molecule has 0 spiro atoms. The summed E-state index contributed by atoms with van der Waals surface area (Å²) in [6.07, 6.45) is 6.61. The van der Waals surface area contributed by atoms with Crippen molar-refractivity contribution in [3.05, 3.63) is 98.0 Å². The predicted molar refractivity (Wildman–Crippen MR) is 183 cm³/mol. The molecule has 2 N–H and O–H groups in total. The Balaban J connectivity index is 1.07. The van der Waals surface area contributed by atoms with Gasteiger partial charge in [0, 0.05) is 59.9 Å². The second-order valence-electron chi connectivity index (χ2n) is 12.8. The zero-order chi connectivity index (χ0) is 33.8. The Labute approximate surface area is 280 Å². The summed E-state index contributed by atoms with van der Waals surface area (Å²) >= 11 is 0. The van der Waals surface area contributed by atoms with Crippen molar-refractivity contribution >= 4 is 34.2 Å². The third kappa shape index (κ3) is 6.92. The predicted octanol–water partition coefficient (Wildman–Crippen LogP) is 5.94. The van der Waals surface area contributed by atoms with Crippen molar-refractivity contribution in [3.8, 4) is 0 Å². The fraction of sp³-hybridized carbons (Fsp3) is 0.432. The number of nitrogens with zero attached hydrogens (tertiary/aromatic N) is 3. The van der Waals surface area contributed by atoms with E-state index in [9.17, 15) is 19.7 Å². The molecule has 2 aliphatic heterocycles. The molecule has 1 fully saturated rings. The van der Waals surface area contributed by atoms with E-state index < -0.39 is 22.8 Å². The normalized spacial score (nSPS) is 18.7. The Bertz CT molecular complexity index is 1790. The number of aromatic nitrogens is 1. The number of aryl methyl sites for hydroxylation is 1. The number of hydrogen-bond acceptors (Lipinski definition) is 10. The van der Waals surface area contributed by atoms with Crippen LogP contribution in [0.15, 0.2) is 71.1 Å². The molecule has 11 heteroatoms. The molecule has 0 amide bonds. The number of para-hydroxylation sites is 1. The van der Waals surface area contributed by atoms with Crippen molar-refractivity contribution in [2.75, 3.05) is 38.6 Å². The molecule has 1 atom stereocenters. The number of benzene rings is 2. The minimum atomic E-state index is -0.873. The number of likely N-dealkylation sites (tertiary alicyclic amines) is 1. The monoisotopic (exact) mass is 653 g/mol. The molecule has 1 aliphatic carbocycles. The van der Waals surface area contributed by atoms with E-state index >= 15 is 0 Å². The number of dihydropyridines is 1. The van der Waals surface area contributed by atoms with Gasteiger partial charge in [-0.2, -0.15) is 0 Å². The third-order valence-corrected chi connectivity index (χ3v) is 9.73. The molecule has 1 aromatic heterocycles. The first-order valence-corrected chi connectivity index (χ1v) is 16.8. The minimum Gasteiger partial charge on any atom is -0.466 e. The largest absolute Gasteiger partial charge is 0.466 e. The van der Waals surface area contributed by atoms with Crippen LogP contribution in [-0.4, -0.2) is 66.1 Å². The summed E-state index contributed by atoms with van der Waals surface area (Å²) < 4.78 is 11.1. The number of allylic oxidation sites excluding steroid dienone is 2. The number of fused-ring (bicyclic) bond motifs is 2. The van der Waals surface area contributed by atoms with Crippen LogP contribution < -0.4 is 10.6 Å². The molecule has 1 saturated heterocycles. The lowest BCUT2D eigenvalue weighted by atomic mass is 9.80. The molecule has 6 rings (SSSR count). The molecule has 3 heterocycles. The molecule has 3 aliphatic rings. The van der Waals surface area contributed by atoms with Gasteiger partial charge in [0.25, 0.3) is 5.69 Å². The van der Waals surface area contributed by atoms with Crippen LogP contribution in [0.2, 0.25) is 0 Å². The van der Waals surface area contributed by atoms with E-state index in [1.165, 1.54) is 54.4 Å². The topological polar surface area (TPSA) is 136 Å². The highest BCUT2D eigenvalue weighted by Gasteiger charge is 2.39. The quantitative estimate of drug-likeness (QED) is 0.117. The number of nitro benzene ring substituents is 1. The van der Waals surface area contributed by atoms with Gasteiger partial charge in [-0.05, 0) is 82.5 Å². The molecular formula is C37H43N5O6. The summed E-state index contributed by atoms with van der Waals surface area (Å²) in [7, 11) is 1.27. The van der Waals surface area contributed by atoms with E-state index in [4.69, 9.17) is 14.5 Å². The van der Waals surface area contributed by atoms with Crippen LogP contribution in [0.4, 0.5) is 11.4 Å². The van der Waals surface area contributed by atoms with Crippen molar-refractivity contribution in [1.82, 2.24) is 15.2 Å². The standard InChI is InChI=1S/C37H43N5O6/c1-23-32(36(43)47-3)34(25-10-8-11-26(22-25)42(45)46)33(24(2)39-23)37(44)48-27-16-20-41(21-17-27)19-9-18-38-35-28-12-4-6-14-30(28)40-31-15-7-5-13-29(31)35/h4,6,8,10-12,14,22,27,34,39H,5,7,9,13,15-21H2,1-3H3,(H,38,40). The summed E-state index contributed by atoms with van der Waals surface area (Å²) in [5, 5.41) is 19.6. The number of ether oxygens (including phenoxy) is 2. The summed E-state index contributed by atoms with van der Waals surface area (Å²) in [5.74, 6) is -2.03. The maximum absolute atomic E-state index is 13.8. The van der Waals surface area contributed by atoms with Crippen molar-refractivity contribution in [3.63, 3.8) is 0 Å². The van der Waals surface area contributed by atoms with Gasteiger partial charge in [0.15, 0.2) is 0 Å². The van der Waals surface area contributed by atoms with Gasteiger partial charge in [-0.3, -0.25) is 15.1 Å². The molecule has 1 unspecified atom stereocenters. The van der Waals surface area contributed by atoms with Gasteiger partial charge in [0.05, 0.1) is 34.6 Å². The number of hydrogen-bond donors (Lipinski definition) is 2. The molecule has 0 saturated carbocycles. The lowest BCUT2D eigenvalue weighted by molar-refractivity contribution is -0.384. The number of pyridine rings is 1. The van der Waals surface area contributed by atoms with Gasteiger partial charge < -0.3 is 25.0 Å². The lowest BCUT2D eigenvalue weighted by Crippen LogP contribution is -2.40. The number of nitro groups is 1. The second-order valence-corrected chi connectivity index (χ2v) is 12.8. The van der Waals surface area contributed by atoms with Crippen molar-refractivity contribution in [2.24, 2.45) is 0 Å². The number of piperidine rings is 1. The molecule has 0 bridgehead atoms. The van der Waals surface area contributed by atoms with Gasteiger partial charge in [-0.25, -0.2) is 9.59 Å². The van der Waals surface area contributed by atoms with Crippen LogP contribution in [0.5, 0.6) is 0 Å². The van der Waals surface area contributed by atoms with Crippen LogP contribution in [-0.2, 0) is 31.9 Å². The number of nitrogens with one attached hydrogen (secondary N) is 2. The van der Waals surface area contributed by atoms with E-state index in [0.717, 1.165) is 51.0 Å². The highest BCUT2D eigenvalue weighted by Crippen LogP contribution is 2.40. The van der Waals surface area contributed by atoms with Crippen LogP contribution in [0.1, 0.15) is 68.7 Å². The van der Waals surface area contributed by atoms with E-state index in [0.29, 0.717) is 29.8 Å². The van der Waals surface area contributed by atoms with Gasteiger partial charge in [0.2, 0.25) is 0 Å². The fourth-order valence-electron chi connectivity index (χ4n) is 7.35. The maximum Gasteiger partial charge on any atom is 0.337 e. The van der Waals surface area contributed by atoms with E-state index in [-0.39, 0.29) is 22.9 Å². The van der Waals surface area contributed by atoms with Crippen molar-refractivity contribution < 1.29 is 24.0 Å². The van der Waals surface area contributed by atoms with Gasteiger partial charge in [0.1, 0.15) is 6.10 Å². The number of anilines is 1. The molecule has 11 nitrogen and oxygen atoms in total. The summed E-state index contributed by atoms with van der Waals surface area (Å²) in [4.78, 5) is 45.2. The Hall–Kier alpha value is -4.77. The van der Waals surface area contributed by atoms with Gasteiger partial charge in [-0.1, -0.05) is 30.3 Å². The highest BCUT2D eigenvalue weighted by molar-refractivity contribution is 6.00. The zero-order valence-corrected chi connectivity index (χ0v) is 27.8. The van der Waals surface area contributed by atoms with Crippen LogP contribution >= 0.6 is 0 Å². The van der Waals surface area contributed by atoms with Gasteiger partial charge >= 0.3 is 11.9 Å². The van der Waals surface area contributed by atoms with Crippen LogP contribution in [0, 0.1) is 10.1 Å². The first kappa shape index (κ1) is 33.1. The Morgan fingerprint density at radius 2 is 1.75 bits per heavy atom. The number of rotatable bonds is 10. The molecule has 0 radical (unpaired) electrons. The molecule has 2 aromatic carbocycles. The van der Waals surface area contributed by atoms with Crippen molar-refractivity contribution in [2.45, 2.75) is 70.8 Å². The smallest absolute Gasteiger partial charge is 0.337 e. The number of esters is 2. The average molecular weight is 654 g/mol. The summed E-state index contributed by atoms with van der Waals surface area (Å²) in [6.45, 7) is 6.89. The van der Waals surface area contributed by atoms with E-state index in [2.05, 4.69) is 33.7 Å². The first-order valence-electron chi connectivity index (χ1n) is 16.8. The Kier molecular flexibility index (Phi) is 10.0. The number of carbonyl (C=O) groups is 2. The van der Waals surface area contributed by atoms with Crippen molar-refractivity contribution in [1.29, 1.82) is 0 Å². The second kappa shape index (κ2) is 14.6. The van der Waals surface area contributed by atoms with Gasteiger partial charge in [-0.15, -0.1) is 0 Å². The summed E-state index contributed by atoms with van der Waals surface area (Å²) in [6, 6.07) is 14.4. The molecule has 48 heavy (non-hydrogen) atoms. The Morgan fingerprint density at radius 1 is 1.02 bits per heavy atom. The fourth-order valence-corrected chi connectivity index (χ4v) is 7.35. The number of non-ortho nitro benzene ring substituents is 1. The van der Waals surface area contributed by atoms with E-state index in [1.807, 2.05) is 6.07 Å². The maximum atomic E-state index is 13.8. The first-order chi connectivity index (χ1) is 23.2. The number of methoxy groups -OCH3 is 1. The average Bonchev–Trinajstić information content (AvgIpc) is 3.09. The minimum absolute atomic E-state index is 0.130. The van der Waals surface area contributed by atoms with Crippen LogP contribution in [0.25, 0.3) is 10.9 Å². The Morgan fingerprint density at radius 3 is 2.50 bits per heavy atom.